The molecule has 13 nitrogen and oxygen atoms in total. The summed E-state index contributed by atoms with van der Waals surface area (Å²) >= 11 is 0. The largest absolute Gasteiger partial charge is 0.490 e. The molecule has 1 N–H and O–H groups in total. The van der Waals surface area contributed by atoms with E-state index in [-0.39, 0.29) is 41.5 Å². The minimum absolute atomic E-state index is 0.0494. The lowest BCUT2D eigenvalue weighted by molar-refractivity contribution is 0.0729. The molecule has 1 atom stereocenters. The highest BCUT2D eigenvalue weighted by atomic mass is 32.2. The van der Waals surface area contributed by atoms with Crippen molar-refractivity contribution in [1.29, 1.82) is 0 Å². The normalized spacial score (nSPS) is 20.4. The Kier molecular flexibility index (Phi) is 9.87. The Bertz CT molecular complexity index is 2020. The molecule has 2 aromatic carbocycles. The minimum Gasteiger partial charge on any atom is -0.490 e. The zero-order valence-corrected chi connectivity index (χ0v) is 30.6. The number of aryl methyl sites for hydroxylation is 2. The van der Waals surface area contributed by atoms with E-state index in [2.05, 4.69) is 27.6 Å². The molecule has 4 aliphatic rings. The summed E-state index contributed by atoms with van der Waals surface area (Å²) in [6.07, 6.45) is 4.45. The molecule has 0 unspecified atom stereocenters. The van der Waals surface area contributed by atoms with Crippen LogP contribution in [0.4, 0.5) is 5.69 Å². The predicted octanol–water partition coefficient (Wildman–Crippen LogP) is 3.38. The number of rotatable bonds is 9. The lowest BCUT2D eigenvalue weighted by Crippen LogP contribution is -2.53. The van der Waals surface area contributed by atoms with Crippen LogP contribution in [-0.4, -0.2) is 107 Å². The minimum atomic E-state index is -4.00. The standard InChI is InChI=1S/C37H47N5O8S/c1-23-18-31(40-17-16-39(3)26(20-40)22-48-4)24(2)34-33(23)28-12-15-41(21-30(28)37(45)50-34)36(44)25-10-11-29(32(19-25)49-27-8-7-9-27)35(43)38-51(46,47)42-13-5-6-14-42/h10-11,18-19,26-27H,5-9,12-17,20-22H2,1-4H3,(H,38,43)/t26-/m1/s1. The maximum atomic E-state index is 13.9. The van der Waals surface area contributed by atoms with Crippen LogP contribution >= 0.6 is 0 Å². The number of hydrogen-bond acceptors (Lipinski definition) is 10. The van der Waals surface area contributed by atoms with Crippen molar-refractivity contribution in [2.45, 2.75) is 71.1 Å². The van der Waals surface area contributed by atoms with Gasteiger partial charge in [-0.05, 0) is 94.8 Å². The predicted molar refractivity (Wildman–Crippen MR) is 193 cm³/mol. The van der Waals surface area contributed by atoms with Gasteiger partial charge >= 0.3 is 15.8 Å². The summed E-state index contributed by atoms with van der Waals surface area (Å²) in [6, 6.07) is 6.90. The second-order valence-electron chi connectivity index (χ2n) is 14.3. The molecule has 4 heterocycles. The third-order valence-electron chi connectivity index (χ3n) is 11.0. The Morgan fingerprint density at radius 2 is 1.76 bits per heavy atom. The quantitative estimate of drug-likeness (QED) is 0.327. The molecule has 0 spiro atoms. The third kappa shape index (κ3) is 6.86. The topological polar surface area (TPSA) is 142 Å². The molecule has 0 bridgehead atoms. The number of nitrogens with zero attached hydrogens (tertiary/aromatic N) is 4. The molecule has 14 heteroatoms. The van der Waals surface area contributed by atoms with E-state index in [9.17, 15) is 22.8 Å². The Hall–Kier alpha value is -3.98. The highest BCUT2D eigenvalue weighted by molar-refractivity contribution is 7.87. The van der Waals surface area contributed by atoms with Gasteiger partial charge in [0.2, 0.25) is 0 Å². The first-order valence-corrected chi connectivity index (χ1v) is 19.3. The van der Waals surface area contributed by atoms with Crippen molar-refractivity contribution >= 4 is 38.7 Å². The van der Waals surface area contributed by atoms with Crippen LogP contribution in [0.5, 0.6) is 5.75 Å². The summed E-state index contributed by atoms with van der Waals surface area (Å²) in [5, 5.41) is 0.927. The number of anilines is 1. The van der Waals surface area contributed by atoms with Gasteiger partial charge in [-0.1, -0.05) is 0 Å². The Morgan fingerprint density at radius 1 is 1.00 bits per heavy atom. The number of ether oxygens (including phenoxy) is 2. The maximum absolute atomic E-state index is 13.9. The van der Waals surface area contributed by atoms with Crippen LogP contribution in [-0.2, 0) is 27.9 Å². The first-order chi connectivity index (χ1) is 24.4. The van der Waals surface area contributed by atoms with Crippen LogP contribution in [0.2, 0.25) is 0 Å². The molecule has 2 saturated heterocycles. The van der Waals surface area contributed by atoms with Crippen molar-refractivity contribution < 1.29 is 31.9 Å². The molecule has 1 aliphatic carbocycles. The van der Waals surface area contributed by atoms with Crippen LogP contribution in [0.3, 0.4) is 0 Å². The summed E-state index contributed by atoms with van der Waals surface area (Å²) in [5.41, 5.74) is 4.84. The van der Waals surface area contributed by atoms with Crippen molar-refractivity contribution in [3.8, 4) is 5.75 Å². The molecular formula is C37H47N5O8S. The van der Waals surface area contributed by atoms with Crippen LogP contribution < -0.4 is 20.0 Å². The van der Waals surface area contributed by atoms with E-state index in [0.29, 0.717) is 43.8 Å². The molecule has 274 valence electrons. The SMILES string of the molecule is COC[C@H]1CN(c2cc(C)c3c4c(c(=O)oc3c2C)CN(C(=O)c2ccc(C(=O)NS(=O)(=O)N3CCCC3)c(OC3CCC3)c2)CC4)CCN1C. The van der Waals surface area contributed by atoms with Gasteiger partial charge < -0.3 is 23.7 Å². The molecule has 3 aromatic rings. The lowest BCUT2D eigenvalue weighted by Gasteiger charge is -2.41. The van der Waals surface area contributed by atoms with E-state index in [1.807, 2.05) is 13.8 Å². The Balaban J connectivity index is 1.14. The van der Waals surface area contributed by atoms with Gasteiger partial charge in [-0.3, -0.25) is 14.5 Å². The smallest absolute Gasteiger partial charge is 0.341 e. The van der Waals surface area contributed by atoms with Crippen LogP contribution in [0, 0.1) is 13.8 Å². The van der Waals surface area contributed by atoms with Crippen molar-refractivity contribution in [3.63, 3.8) is 0 Å². The van der Waals surface area contributed by atoms with E-state index in [4.69, 9.17) is 13.9 Å². The van der Waals surface area contributed by atoms with E-state index >= 15 is 0 Å². The van der Waals surface area contributed by atoms with Crippen LogP contribution in [0.15, 0.2) is 33.5 Å². The Morgan fingerprint density at radius 3 is 2.47 bits per heavy atom. The molecule has 0 radical (unpaired) electrons. The molecule has 51 heavy (non-hydrogen) atoms. The van der Waals surface area contributed by atoms with E-state index in [0.717, 1.165) is 79.5 Å². The Labute approximate surface area is 298 Å². The van der Waals surface area contributed by atoms with E-state index < -0.39 is 21.7 Å². The summed E-state index contributed by atoms with van der Waals surface area (Å²) in [5.74, 6) is -0.958. The number of carbonyl (C=O) groups is 2. The van der Waals surface area contributed by atoms with Crippen molar-refractivity contribution in [2.24, 2.45) is 0 Å². The number of methoxy groups -OCH3 is 1. The van der Waals surface area contributed by atoms with Crippen molar-refractivity contribution in [2.75, 3.05) is 64.9 Å². The molecule has 2 amide bonds. The van der Waals surface area contributed by atoms with Gasteiger partial charge in [-0.2, -0.15) is 12.7 Å². The van der Waals surface area contributed by atoms with E-state index in [1.165, 1.54) is 22.5 Å². The highest BCUT2D eigenvalue weighted by Gasteiger charge is 2.33. The van der Waals surface area contributed by atoms with Gasteiger partial charge in [-0.25, -0.2) is 9.52 Å². The first kappa shape index (κ1) is 35.4. The number of nitrogens with one attached hydrogen (secondary N) is 1. The molecule has 7 rings (SSSR count). The number of amides is 2. The molecule has 3 aliphatic heterocycles. The summed E-state index contributed by atoms with van der Waals surface area (Å²) in [4.78, 5) is 47.1. The number of fused-ring (bicyclic) bond motifs is 3. The highest BCUT2D eigenvalue weighted by Crippen LogP contribution is 2.36. The van der Waals surface area contributed by atoms with Gasteiger partial charge in [0.1, 0.15) is 11.3 Å². The van der Waals surface area contributed by atoms with Crippen molar-refractivity contribution in [1.82, 2.24) is 18.8 Å². The van der Waals surface area contributed by atoms with Gasteiger partial charge in [0.25, 0.3) is 11.8 Å². The second-order valence-corrected chi connectivity index (χ2v) is 16.0. The first-order valence-electron chi connectivity index (χ1n) is 17.9. The van der Waals surface area contributed by atoms with Gasteiger partial charge in [0, 0.05) is 68.6 Å². The van der Waals surface area contributed by atoms with Crippen LogP contribution in [0.25, 0.3) is 11.0 Å². The number of piperazine rings is 1. The molecule has 1 saturated carbocycles. The zero-order chi connectivity index (χ0) is 36.0. The lowest BCUT2D eigenvalue weighted by atomic mass is 9.92. The second kappa shape index (κ2) is 14.2. The average Bonchev–Trinajstić information content (AvgIpc) is 3.65. The van der Waals surface area contributed by atoms with Gasteiger partial charge in [0.05, 0.1) is 36.4 Å². The monoisotopic (exact) mass is 721 g/mol. The number of benzene rings is 2. The molecular weight excluding hydrogens is 675 g/mol. The maximum Gasteiger partial charge on any atom is 0.341 e. The fourth-order valence-electron chi connectivity index (χ4n) is 7.75. The van der Waals surface area contributed by atoms with Gasteiger partial charge in [0.15, 0.2) is 0 Å². The zero-order valence-electron chi connectivity index (χ0n) is 29.8. The van der Waals surface area contributed by atoms with E-state index in [1.54, 1.807) is 12.0 Å². The molecule has 1 aromatic heterocycles. The van der Waals surface area contributed by atoms with Gasteiger partial charge in [-0.15, -0.1) is 0 Å². The summed E-state index contributed by atoms with van der Waals surface area (Å²) in [7, 11) is -0.171. The van der Waals surface area contributed by atoms with Crippen LogP contribution in [0.1, 0.15) is 75.1 Å². The fourth-order valence-corrected chi connectivity index (χ4v) is 8.96. The summed E-state index contributed by atoms with van der Waals surface area (Å²) < 4.78 is 46.8. The average molecular weight is 722 g/mol. The number of likely N-dealkylation sites (N-methyl/N-ethyl adjacent to an activating group) is 1. The fraction of sp³-hybridized carbons (Fsp3) is 0.541. The number of hydrogen-bond donors (Lipinski definition) is 1. The summed E-state index contributed by atoms with van der Waals surface area (Å²) in [6.45, 7) is 8.43. The third-order valence-corrected chi connectivity index (χ3v) is 12.5. The molecule has 3 fully saturated rings. The number of carbonyl (C=O) groups excluding carboxylic acids is 2. The van der Waals surface area contributed by atoms with Crippen molar-refractivity contribution in [3.05, 3.63) is 68.1 Å².